The Morgan fingerprint density at radius 2 is 1.88 bits per heavy atom. The average Bonchev–Trinajstić information content (AvgIpc) is 2.54. The zero-order valence-electron chi connectivity index (χ0n) is 15.0. The van der Waals surface area contributed by atoms with Crippen LogP contribution in [0.25, 0.3) is 0 Å². The fourth-order valence-corrected chi connectivity index (χ4v) is 5.23. The van der Waals surface area contributed by atoms with Crippen molar-refractivity contribution in [3.8, 4) is 0 Å². The summed E-state index contributed by atoms with van der Waals surface area (Å²) in [6, 6.07) is 9.02. The molecule has 0 radical (unpaired) electrons. The van der Waals surface area contributed by atoms with Crippen molar-refractivity contribution in [2.75, 3.05) is 6.61 Å². The fourth-order valence-electron chi connectivity index (χ4n) is 5.23. The van der Waals surface area contributed by atoms with Gasteiger partial charge in [0, 0.05) is 6.42 Å². The van der Waals surface area contributed by atoms with Gasteiger partial charge in [0.15, 0.2) is 0 Å². The van der Waals surface area contributed by atoms with E-state index < -0.39 is 0 Å². The molecular formula is C21H28O3. The number of Topliss-reactive ketones (excluding diaryl/α,β-unsaturated/α-hetero) is 1. The number of benzene rings is 1. The van der Waals surface area contributed by atoms with Gasteiger partial charge < -0.3 is 4.74 Å². The quantitative estimate of drug-likeness (QED) is 0.758. The highest BCUT2D eigenvalue weighted by molar-refractivity contribution is 5.90. The van der Waals surface area contributed by atoms with Gasteiger partial charge in [0.05, 0.1) is 11.5 Å². The van der Waals surface area contributed by atoms with Crippen molar-refractivity contribution in [2.24, 2.45) is 22.7 Å². The van der Waals surface area contributed by atoms with E-state index in [1.807, 2.05) is 18.2 Å². The molecule has 2 aliphatic carbocycles. The monoisotopic (exact) mass is 328 g/mol. The number of ketones is 1. The number of ether oxygens (including phenoxy) is 1. The van der Waals surface area contributed by atoms with Gasteiger partial charge in [-0.2, -0.15) is 0 Å². The van der Waals surface area contributed by atoms with Crippen LogP contribution in [0.1, 0.15) is 63.2 Å². The average molecular weight is 328 g/mol. The van der Waals surface area contributed by atoms with Crippen LogP contribution in [0.3, 0.4) is 0 Å². The van der Waals surface area contributed by atoms with Crippen molar-refractivity contribution in [3.63, 3.8) is 0 Å². The summed E-state index contributed by atoms with van der Waals surface area (Å²) in [6.07, 6.45) is 5.03. The van der Waals surface area contributed by atoms with Gasteiger partial charge in [-0.05, 0) is 48.1 Å². The first-order valence-corrected chi connectivity index (χ1v) is 9.09. The maximum atomic E-state index is 12.6. The van der Waals surface area contributed by atoms with Crippen LogP contribution >= 0.6 is 0 Å². The second kappa shape index (κ2) is 6.34. The number of carbonyl (C=O) groups excluding carboxylic acids is 2. The molecule has 0 amide bonds. The Bertz CT molecular complexity index is 619. The van der Waals surface area contributed by atoms with Crippen LogP contribution in [0.5, 0.6) is 0 Å². The molecule has 130 valence electrons. The predicted molar refractivity (Wildman–Crippen MR) is 93.7 cm³/mol. The molecule has 0 N–H and O–H groups in total. The first-order valence-electron chi connectivity index (χ1n) is 9.09. The summed E-state index contributed by atoms with van der Waals surface area (Å²) in [5.74, 6) is 0.303. The van der Waals surface area contributed by atoms with Gasteiger partial charge in [-0.1, -0.05) is 45.4 Å². The van der Waals surface area contributed by atoms with Crippen LogP contribution in [-0.2, 0) is 9.53 Å². The number of hydrogen-bond acceptors (Lipinski definition) is 3. The molecule has 1 aromatic rings. The molecule has 0 aliphatic heterocycles. The summed E-state index contributed by atoms with van der Waals surface area (Å²) in [6.45, 7) is 7.13. The van der Waals surface area contributed by atoms with E-state index in [-0.39, 0.29) is 35.1 Å². The van der Waals surface area contributed by atoms with E-state index >= 15 is 0 Å². The Labute approximate surface area is 144 Å². The first-order chi connectivity index (χ1) is 11.3. The highest BCUT2D eigenvalue weighted by Crippen LogP contribution is 2.58. The number of fused-ring (bicyclic) bond motifs is 1. The predicted octanol–water partition coefficient (Wildman–Crippen LogP) is 4.66. The fraction of sp³-hybridized carbons (Fsp3) is 0.619. The molecule has 0 unspecified atom stereocenters. The molecule has 3 rings (SSSR count). The highest BCUT2D eigenvalue weighted by Gasteiger charge is 2.54. The second-order valence-corrected chi connectivity index (χ2v) is 8.42. The van der Waals surface area contributed by atoms with E-state index in [1.165, 1.54) is 6.42 Å². The minimum Gasteiger partial charge on any atom is -0.461 e. The largest absolute Gasteiger partial charge is 0.461 e. The van der Waals surface area contributed by atoms with E-state index in [4.69, 9.17) is 4.74 Å². The number of hydrogen-bond donors (Lipinski definition) is 0. The molecule has 1 aromatic carbocycles. The lowest BCUT2D eigenvalue weighted by molar-refractivity contribution is -0.146. The second-order valence-electron chi connectivity index (χ2n) is 8.42. The van der Waals surface area contributed by atoms with Crippen LogP contribution < -0.4 is 0 Å². The molecule has 3 heteroatoms. The Morgan fingerprint density at radius 3 is 2.58 bits per heavy atom. The topological polar surface area (TPSA) is 43.4 Å². The van der Waals surface area contributed by atoms with Gasteiger partial charge >= 0.3 is 5.97 Å². The summed E-state index contributed by atoms with van der Waals surface area (Å²) >= 11 is 0. The van der Waals surface area contributed by atoms with E-state index in [1.54, 1.807) is 12.1 Å². The minimum absolute atomic E-state index is 0.0476. The standard InChI is InChI=1S/C21H28O3/c1-20(2)12-7-13-21(3)16(17(22)10-11-18(20)21)14-24-19(23)15-8-5-4-6-9-15/h4-6,8-9,16,18H,7,10-14H2,1-3H3/t16-,18+,21+/m1/s1. The van der Waals surface area contributed by atoms with Crippen LogP contribution in [0.2, 0.25) is 0 Å². The van der Waals surface area contributed by atoms with Crippen LogP contribution in [0.15, 0.2) is 30.3 Å². The van der Waals surface area contributed by atoms with Crippen molar-refractivity contribution in [1.29, 1.82) is 0 Å². The highest BCUT2D eigenvalue weighted by atomic mass is 16.5. The van der Waals surface area contributed by atoms with Gasteiger partial charge in [-0.25, -0.2) is 4.79 Å². The lowest BCUT2D eigenvalue weighted by Crippen LogP contribution is -2.53. The van der Waals surface area contributed by atoms with Crippen molar-refractivity contribution in [2.45, 2.75) is 52.9 Å². The summed E-state index contributed by atoms with van der Waals surface area (Å²) in [5, 5.41) is 0. The van der Waals surface area contributed by atoms with E-state index in [0.717, 1.165) is 19.3 Å². The molecule has 2 saturated carbocycles. The van der Waals surface area contributed by atoms with Crippen molar-refractivity contribution in [3.05, 3.63) is 35.9 Å². The maximum Gasteiger partial charge on any atom is 0.338 e. The van der Waals surface area contributed by atoms with Crippen LogP contribution in [0, 0.1) is 22.7 Å². The normalized spacial score (nSPS) is 32.0. The lowest BCUT2D eigenvalue weighted by atomic mass is 9.48. The summed E-state index contributed by atoms with van der Waals surface area (Å²) in [5.41, 5.74) is 0.759. The van der Waals surface area contributed by atoms with Gasteiger partial charge in [0.25, 0.3) is 0 Å². The molecular weight excluding hydrogens is 300 g/mol. The van der Waals surface area contributed by atoms with E-state index in [9.17, 15) is 9.59 Å². The van der Waals surface area contributed by atoms with Gasteiger partial charge in [0.2, 0.25) is 0 Å². The number of carbonyl (C=O) groups is 2. The van der Waals surface area contributed by atoms with Crippen LogP contribution in [0.4, 0.5) is 0 Å². The van der Waals surface area contributed by atoms with Crippen molar-refractivity contribution >= 4 is 11.8 Å². The summed E-state index contributed by atoms with van der Waals surface area (Å²) < 4.78 is 5.56. The third-order valence-corrected chi connectivity index (χ3v) is 6.53. The summed E-state index contributed by atoms with van der Waals surface area (Å²) in [7, 11) is 0. The molecule has 0 aromatic heterocycles. The molecule has 3 atom stereocenters. The molecule has 24 heavy (non-hydrogen) atoms. The van der Waals surface area contributed by atoms with Gasteiger partial charge in [0.1, 0.15) is 12.4 Å². The zero-order valence-corrected chi connectivity index (χ0v) is 15.0. The number of rotatable bonds is 3. The van der Waals surface area contributed by atoms with Crippen molar-refractivity contribution < 1.29 is 14.3 Å². The molecule has 0 heterocycles. The molecule has 0 spiro atoms. The lowest BCUT2D eigenvalue weighted by Gasteiger charge is -2.56. The Hall–Kier alpha value is -1.64. The first kappa shape index (κ1) is 17.2. The number of esters is 1. The minimum atomic E-state index is -0.329. The molecule has 2 aliphatic rings. The molecule has 3 nitrogen and oxygen atoms in total. The van der Waals surface area contributed by atoms with E-state index in [0.29, 0.717) is 17.9 Å². The van der Waals surface area contributed by atoms with Crippen molar-refractivity contribution in [1.82, 2.24) is 0 Å². The Kier molecular flexibility index (Phi) is 4.54. The Balaban J connectivity index is 1.76. The molecule has 0 bridgehead atoms. The zero-order chi connectivity index (χ0) is 17.4. The SMILES string of the molecule is CC1(C)CCC[C@@]2(C)[C@H](COC(=O)c3ccccc3)C(=O)CC[C@@H]12. The van der Waals surface area contributed by atoms with E-state index in [2.05, 4.69) is 20.8 Å². The van der Waals surface area contributed by atoms with Crippen LogP contribution in [-0.4, -0.2) is 18.4 Å². The summed E-state index contributed by atoms with van der Waals surface area (Å²) in [4.78, 5) is 24.9. The molecule has 0 saturated heterocycles. The van der Waals surface area contributed by atoms with Gasteiger partial charge in [-0.15, -0.1) is 0 Å². The van der Waals surface area contributed by atoms with Gasteiger partial charge in [-0.3, -0.25) is 4.79 Å². The smallest absolute Gasteiger partial charge is 0.338 e. The Morgan fingerprint density at radius 1 is 1.17 bits per heavy atom. The maximum absolute atomic E-state index is 12.6. The third kappa shape index (κ3) is 3.01. The molecule has 2 fully saturated rings. The third-order valence-electron chi connectivity index (χ3n) is 6.53.